The number of nitro benzene ring substituents is 1. The molecular weight excluding hydrogens is 430 g/mol. The Morgan fingerprint density at radius 3 is 2.47 bits per heavy atom. The van der Waals surface area contributed by atoms with Crippen LogP contribution in [0, 0.1) is 10.1 Å². The summed E-state index contributed by atoms with van der Waals surface area (Å²) in [5.74, 6) is -0.391. The van der Waals surface area contributed by atoms with Crippen molar-refractivity contribution in [2.24, 2.45) is 0 Å². The second kappa shape index (κ2) is 8.72. The van der Waals surface area contributed by atoms with Gasteiger partial charge in [-0.05, 0) is 49.2 Å². The largest absolute Gasteiger partial charge is 0.459 e. The third kappa shape index (κ3) is 4.28. The molecule has 162 valence electrons. The van der Waals surface area contributed by atoms with E-state index in [1.165, 1.54) is 34.4 Å². The van der Waals surface area contributed by atoms with Gasteiger partial charge in [0.2, 0.25) is 0 Å². The van der Waals surface area contributed by atoms with Crippen molar-refractivity contribution in [3.63, 3.8) is 0 Å². The van der Waals surface area contributed by atoms with E-state index in [0.29, 0.717) is 26.9 Å². The molecule has 4 rings (SSSR count). The van der Waals surface area contributed by atoms with Crippen LogP contribution in [-0.2, 0) is 11.3 Å². The minimum Gasteiger partial charge on any atom is -0.459 e. The van der Waals surface area contributed by atoms with Gasteiger partial charge in [0.15, 0.2) is 0 Å². The van der Waals surface area contributed by atoms with E-state index in [1.807, 2.05) is 5.38 Å². The van der Waals surface area contributed by atoms with E-state index in [2.05, 4.69) is 4.98 Å². The van der Waals surface area contributed by atoms with Crippen LogP contribution in [-0.4, -0.2) is 26.5 Å². The summed E-state index contributed by atoms with van der Waals surface area (Å²) in [4.78, 5) is 40.7. The molecule has 2 aromatic carbocycles. The zero-order chi connectivity index (χ0) is 22.8. The lowest BCUT2D eigenvalue weighted by molar-refractivity contribution is -0.384. The van der Waals surface area contributed by atoms with Gasteiger partial charge < -0.3 is 4.74 Å². The fourth-order valence-corrected chi connectivity index (χ4v) is 4.19. The fraction of sp³-hybridized carbons (Fsp3) is 0.174. The molecule has 32 heavy (non-hydrogen) atoms. The summed E-state index contributed by atoms with van der Waals surface area (Å²) in [6.07, 6.45) is 1.30. The highest BCUT2D eigenvalue weighted by molar-refractivity contribution is 7.17. The lowest BCUT2D eigenvalue weighted by Gasteiger charge is -2.09. The van der Waals surface area contributed by atoms with Gasteiger partial charge in [0.25, 0.3) is 11.2 Å². The topological polar surface area (TPSA) is 104 Å². The van der Waals surface area contributed by atoms with Crippen LogP contribution in [0.25, 0.3) is 21.3 Å². The number of ether oxygens (including phenoxy) is 1. The molecular formula is C23H19N3O5S. The van der Waals surface area contributed by atoms with Gasteiger partial charge in [0.05, 0.1) is 34.8 Å². The molecule has 0 spiro atoms. The van der Waals surface area contributed by atoms with Crippen LogP contribution >= 0.6 is 11.3 Å². The number of fused-ring (bicyclic) bond motifs is 1. The van der Waals surface area contributed by atoms with Crippen molar-refractivity contribution >= 4 is 33.2 Å². The predicted octanol–water partition coefficient (Wildman–Crippen LogP) is 4.65. The summed E-state index contributed by atoms with van der Waals surface area (Å²) in [5, 5.41) is 13.2. The van der Waals surface area contributed by atoms with Crippen molar-refractivity contribution in [2.45, 2.75) is 26.5 Å². The summed E-state index contributed by atoms with van der Waals surface area (Å²) >= 11 is 1.35. The number of hydrogen-bond donors (Lipinski definition) is 0. The van der Waals surface area contributed by atoms with E-state index < -0.39 is 10.9 Å². The van der Waals surface area contributed by atoms with Crippen LogP contribution in [0.4, 0.5) is 5.69 Å². The van der Waals surface area contributed by atoms with Gasteiger partial charge in [-0.25, -0.2) is 9.78 Å². The molecule has 0 bridgehead atoms. The first-order valence-electron chi connectivity index (χ1n) is 9.85. The molecule has 9 heteroatoms. The van der Waals surface area contributed by atoms with Gasteiger partial charge in [-0.1, -0.05) is 12.1 Å². The van der Waals surface area contributed by atoms with Crippen molar-refractivity contribution in [1.29, 1.82) is 0 Å². The average molecular weight is 449 g/mol. The lowest BCUT2D eigenvalue weighted by Crippen LogP contribution is -2.21. The first kappa shape index (κ1) is 21.4. The third-order valence-corrected chi connectivity index (χ3v) is 5.72. The quantitative estimate of drug-likeness (QED) is 0.241. The summed E-state index contributed by atoms with van der Waals surface area (Å²) in [6, 6.07) is 13.0. The molecule has 0 radical (unpaired) electrons. The molecule has 4 aromatic rings. The van der Waals surface area contributed by atoms with E-state index in [4.69, 9.17) is 4.74 Å². The molecule has 0 aliphatic carbocycles. The number of esters is 1. The SMILES string of the molecule is CC(C)OC(=O)c1ccc(Cn2cnc3scc(-c4ccc([N+](=O)[O-])cc4)c3c2=O)cc1. The molecule has 0 N–H and O–H groups in total. The molecule has 8 nitrogen and oxygen atoms in total. The lowest BCUT2D eigenvalue weighted by atomic mass is 10.1. The minimum absolute atomic E-state index is 0.00968. The fourth-order valence-electron chi connectivity index (χ4n) is 3.28. The molecule has 0 saturated heterocycles. The van der Waals surface area contributed by atoms with Gasteiger partial charge in [-0.15, -0.1) is 11.3 Å². The molecule has 0 fully saturated rings. The Kier molecular flexibility index (Phi) is 5.83. The van der Waals surface area contributed by atoms with Crippen molar-refractivity contribution in [3.05, 3.63) is 91.8 Å². The number of carbonyl (C=O) groups is 1. The maximum absolute atomic E-state index is 13.2. The first-order chi connectivity index (χ1) is 15.3. The number of nitro groups is 1. The Hall–Kier alpha value is -3.85. The molecule has 0 unspecified atom stereocenters. The summed E-state index contributed by atoms with van der Waals surface area (Å²) in [5.41, 5.74) is 2.48. The van der Waals surface area contributed by atoms with E-state index in [1.54, 1.807) is 50.2 Å². The number of benzene rings is 2. The van der Waals surface area contributed by atoms with Crippen LogP contribution in [0.15, 0.2) is 65.0 Å². The van der Waals surface area contributed by atoms with E-state index in [0.717, 1.165) is 5.56 Å². The first-order valence-corrected chi connectivity index (χ1v) is 10.7. The Balaban J connectivity index is 1.64. The molecule has 0 saturated carbocycles. The minimum atomic E-state index is -0.460. The molecule has 2 heterocycles. The normalized spacial score (nSPS) is 11.1. The van der Waals surface area contributed by atoms with Crippen LogP contribution in [0.3, 0.4) is 0 Å². The monoisotopic (exact) mass is 449 g/mol. The van der Waals surface area contributed by atoms with Crippen molar-refractivity contribution in [2.75, 3.05) is 0 Å². The standard InChI is InChI=1S/C23H19N3O5S/c1-14(2)31-23(28)17-5-3-15(4-6-17)11-25-13-24-21-20(22(25)27)19(12-32-21)16-7-9-18(10-8-16)26(29)30/h3-10,12-14H,11H2,1-2H3. The second-order valence-corrected chi connectivity index (χ2v) is 8.32. The number of hydrogen-bond acceptors (Lipinski definition) is 7. The smallest absolute Gasteiger partial charge is 0.338 e. The van der Waals surface area contributed by atoms with Crippen molar-refractivity contribution in [1.82, 2.24) is 9.55 Å². The third-order valence-electron chi connectivity index (χ3n) is 4.84. The van der Waals surface area contributed by atoms with Crippen molar-refractivity contribution in [3.8, 4) is 11.1 Å². The van der Waals surface area contributed by atoms with E-state index >= 15 is 0 Å². The Morgan fingerprint density at radius 2 is 1.84 bits per heavy atom. The van der Waals surface area contributed by atoms with Gasteiger partial charge in [-0.3, -0.25) is 19.5 Å². The molecule has 0 atom stereocenters. The molecule has 0 aliphatic rings. The highest BCUT2D eigenvalue weighted by atomic mass is 32.1. The molecule has 2 aromatic heterocycles. The highest BCUT2D eigenvalue weighted by Crippen LogP contribution is 2.31. The molecule has 0 amide bonds. The van der Waals surface area contributed by atoms with Crippen LogP contribution in [0.1, 0.15) is 29.8 Å². The van der Waals surface area contributed by atoms with Crippen LogP contribution in [0.5, 0.6) is 0 Å². The Labute approximate surface area is 186 Å². The number of non-ortho nitro benzene ring substituents is 1. The van der Waals surface area contributed by atoms with Crippen molar-refractivity contribution < 1.29 is 14.5 Å². The van der Waals surface area contributed by atoms with Crippen LogP contribution < -0.4 is 5.56 Å². The predicted molar refractivity (Wildman–Crippen MR) is 122 cm³/mol. The van der Waals surface area contributed by atoms with Gasteiger partial charge in [0.1, 0.15) is 4.83 Å². The van der Waals surface area contributed by atoms with Crippen LogP contribution in [0.2, 0.25) is 0 Å². The summed E-state index contributed by atoms with van der Waals surface area (Å²) in [6.45, 7) is 3.87. The highest BCUT2D eigenvalue weighted by Gasteiger charge is 2.15. The average Bonchev–Trinajstić information content (AvgIpc) is 3.21. The number of rotatable bonds is 6. The van der Waals surface area contributed by atoms with Gasteiger partial charge in [-0.2, -0.15) is 0 Å². The number of carbonyl (C=O) groups excluding carboxylic acids is 1. The number of aromatic nitrogens is 2. The maximum Gasteiger partial charge on any atom is 0.338 e. The molecule has 0 aliphatic heterocycles. The number of thiophene rings is 1. The summed E-state index contributed by atoms with van der Waals surface area (Å²) < 4.78 is 6.69. The number of nitrogens with zero attached hydrogens (tertiary/aromatic N) is 3. The summed E-state index contributed by atoms with van der Waals surface area (Å²) in [7, 11) is 0. The zero-order valence-electron chi connectivity index (χ0n) is 17.3. The Bertz CT molecular complexity index is 1360. The van der Waals surface area contributed by atoms with E-state index in [-0.39, 0.29) is 23.9 Å². The Morgan fingerprint density at radius 1 is 1.16 bits per heavy atom. The van der Waals surface area contributed by atoms with Gasteiger partial charge >= 0.3 is 5.97 Å². The second-order valence-electron chi connectivity index (χ2n) is 7.46. The maximum atomic E-state index is 13.2. The zero-order valence-corrected chi connectivity index (χ0v) is 18.2. The van der Waals surface area contributed by atoms with E-state index in [9.17, 15) is 19.7 Å². The van der Waals surface area contributed by atoms with Gasteiger partial charge in [0, 0.05) is 23.1 Å².